The van der Waals surface area contributed by atoms with Gasteiger partial charge in [0.2, 0.25) is 0 Å². The molecule has 0 radical (unpaired) electrons. The molecular weight excluding hydrogens is 283 g/mol. The van der Waals surface area contributed by atoms with Crippen LogP contribution in [-0.4, -0.2) is 49.7 Å². The van der Waals surface area contributed by atoms with Crippen molar-refractivity contribution in [3.05, 3.63) is 35.1 Å². The van der Waals surface area contributed by atoms with E-state index in [4.69, 9.17) is 4.74 Å². The molecule has 0 bridgehead atoms. The topological polar surface area (TPSA) is 41.6 Å². The van der Waals surface area contributed by atoms with Crippen LogP contribution in [0.1, 0.15) is 29.8 Å². The molecular formula is C17H25FN2O2. The van der Waals surface area contributed by atoms with Crippen LogP contribution < -0.4 is 5.32 Å². The van der Waals surface area contributed by atoms with E-state index in [1.165, 1.54) is 6.07 Å². The third kappa shape index (κ3) is 4.27. The van der Waals surface area contributed by atoms with Crippen LogP contribution >= 0.6 is 0 Å². The molecule has 1 heterocycles. The van der Waals surface area contributed by atoms with E-state index >= 15 is 0 Å². The molecule has 1 N–H and O–H groups in total. The van der Waals surface area contributed by atoms with Gasteiger partial charge in [0.15, 0.2) is 0 Å². The van der Waals surface area contributed by atoms with Crippen molar-refractivity contribution in [2.24, 2.45) is 5.92 Å². The lowest BCUT2D eigenvalue weighted by Gasteiger charge is -2.36. The third-order valence-corrected chi connectivity index (χ3v) is 4.19. The molecule has 2 rings (SSSR count). The zero-order valence-electron chi connectivity index (χ0n) is 13.6. The molecule has 1 atom stereocenters. The highest BCUT2D eigenvalue weighted by Gasteiger charge is 2.24. The number of nitrogens with zero attached hydrogens (tertiary/aromatic N) is 1. The summed E-state index contributed by atoms with van der Waals surface area (Å²) in [5.41, 5.74) is 0.914. The maximum atomic E-state index is 13.6. The second-order valence-corrected chi connectivity index (χ2v) is 6.13. The summed E-state index contributed by atoms with van der Waals surface area (Å²) in [6, 6.07) is 4.85. The summed E-state index contributed by atoms with van der Waals surface area (Å²) in [4.78, 5) is 14.5. The lowest BCUT2D eigenvalue weighted by atomic mass is 10.0. The van der Waals surface area contributed by atoms with Crippen molar-refractivity contribution in [2.75, 3.05) is 32.8 Å². The summed E-state index contributed by atoms with van der Waals surface area (Å²) < 4.78 is 18.9. The fourth-order valence-corrected chi connectivity index (χ4v) is 2.73. The number of hydrogen-bond acceptors (Lipinski definition) is 3. The van der Waals surface area contributed by atoms with Gasteiger partial charge in [-0.2, -0.15) is 0 Å². The number of morpholine rings is 1. The molecule has 0 aromatic heterocycles. The first kappa shape index (κ1) is 16.9. The van der Waals surface area contributed by atoms with Crippen LogP contribution in [-0.2, 0) is 4.74 Å². The second-order valence-electron chi connectivity index (χ2n) is 6.13. The molecule has 22 heavy (non-hydrogen) atoms. The molecule has 1 saturated heterocycles. The number of rotatable bonds is 5. The average molecular weight is 308 g/mol. The van der Waals surface area contributed by atoms with Crippen molar-refractivity contribution < 1.29 is 13.9 Å². The van der Waals surface area contributed by atoms with Gasteiger partial charge in [-0.1, -0.05) is 19.9 Å². The molecule has 1 aliphatic rings. The van der Waals surface area contributed by atoms with Gasteiger partial charge in [0.1, 0.15) is 5.82 Å². The molecule has 1 unspecified atom stereocenters. The minimum atomic E-state index is -0.346. The first-order valence-corrected chi connectivity index (χ1v) is 7.85. The third-order valence-electron chi connectivity index (χ3n) is 4.19. The first-order valence-electron chi connectivity index (χ1n) is 7.85. The molecule has 5 heteroatoms. The number of nitrogens with one attached hydrogen (secondary N) is 1. The molecule has 1 aromatic carbocycles. The molecule has 4 nitrogen and oxygen atoms in total. The Bertz CT molecular complexity index is 513. The van der Waals surface area contributed by atoms with E-state index in [1.54, 1.807) is 19.1 Å². The highest BCUT2D eigenvalue weighted by atomic mass is 19.1. The number of halogens is 1. The average Bonchev–Trinajstić information content (AvgIpc) is 2.50. The molecule has 0 saturated carbocycles. The molecule has 0 aliphatic carbocycles. The number of aryl methyl sites for hydroxylation is 1. The van der Waals surface area contributed by atoms with Gasteiger partial charge in [-0.05, 0) is 30.5 Å². The van der Waals surface area contributed by atoms with Crippen LogP contribution in [0.4, 0.5) is 4.39 Å². The SMILES string of the molecule is Cc1ccc(C(=O)NCC(C(C)C)N2CCOCC2)cc1F. The van der Waals surface area contributed by atoms with Gasteiger partial charge < -0.3 is 10.1 Å². The lowest BCUT2D eigenvalue weighted by Crippen LogP contribution is -2.51. The van der Waals surface area contributed by atoms with Crippen molar-refractivity contribution >= 4 is 5.91 Å². The van der Waals surface area contributed by atoms with Gasteiger partial charge in [0.25, 0.3) is 5.91 Å². The Labute approximate surface area is 131 Å². The summed E-state index contributed by atoms with van der Waals surface area (Å²) in [6.45, 7) is 9.79. The molecule has 122 valence electrons. The predicted molar refractivity (Wildman–Crippen MR) is 84.5 cm³/mol. The lowest BCUT2D eigenvalue weighted by molar-refractivity contribution is 0.00672. The van der Waals surface area contributed by atoms with E-state index in [9.17, 15) is 9.18 Å². The summed E-state index contributed by atoms with van der Waals surface area (Å²) >= 11 is 0. The van der Waals surface area contributed by atoms with Gasteiger partial charge in [-0.3, -0.25) is 9.69 Å². The second kappa shape index (κ2) is 7.70. The molecule has 0 spiro atoms. The van der Waals surface area contributed by atoms with Crippen molar-refractivity contribution in [1.82, 2.24) is 10.2 Å². The fourth-order valence-electron chi connectivity index (χ4n) is 2.73. The van der Waals surface area contributed by atoms with E-state index < -0.39 is 0 Å². The Kier molecular flexibility index (Phi) is 5.91. The van der Waals surface area contributed by atoms with Crippen LogP contribution in [0.15, 0.2) is 18.2 Å². The monoisotopic (exact) mass is 308 g/mol. The minimum absolute atomic E-state index is 0.224. The van der Waals surface area contributed by atoms with Crippen LogP contribution in [0.3, 0.4) is 0 Å². The maximum Gasteiger partial charge on any atom is 0.251 e. The van der Waals surface area contributed by atoms with E-state index in [-0.39, 0.29) is 17.8 Å². The predicted octanol–water partition coefficient (Wildman–Crippen LogP) is 2.22. The number of amides is 1. The number of ether oxygens (including phenoxy) is 1. The van der Waals surface area contributed by atoms with Crippen LogP contribution in [0.25, 0.3) is 0 Å². The van der Waals surface area contributed by atoms with Gasteiger partial charge >= 0.3 is 0 Å². The van der Waals surface area contributed by atoms with Gasteiger partial charge in [-0.25, -0.2) is 4.39 Å². The smallest absolute Gasteiger partial charge is 0.251 e. The Morgan fingerprint density at radius 1 is 1.36 bits per heavy atom. The van der Waals surface area contributed by atoms with Crippen LogP contribution in [0.2, 0.25) is 0 Å². The van der Waals surface area contributed by atoms with E-state index in [0.29, 0.717) is 23.6 Å². The molecule has 1 aliphatic heterocycles. The number of carbonyl (C=O) groups is 1. The van der Waals surface area contributed by atoms with Gasteiger partial charge in [0, 0.05) is 31.2 Å². The minimum Gasteiger partial charge on any atom is -0.379 e. The van der Waals surface area contributed by atoms with Crippen LogP contribution in [0.5, 0.6) is 0 Å². The zero-order valence-corrected chi connectivity index (χ0v) is 13.6. The first-order chi connectivity index (χ1) is 10.5. The number of hydrogen-bond donors (Lipinski definition) is 1. The quantitative estimate of drug-likeness (QED) is 0.907. The summed E-state index contributed by atoms with van der Waals surface area (Å²) in [5, 5.41) is 2.94. The summed E-state index contributed by atoms with van der Waals surface area (Å²) in [7, 11) is 0. The molecule has 1 amide bonds. The Morgan fingerprint density at radius 3 is 2.64 bits per heavy atom. The normalized spacial score (nSPS) is 17.5. The van der Waals surface area contributed by atoms with Gasteiger partial charge in [-0.15, -0.1) is 0 Å². The Morgan fingerprint density at radius 2 is 2.05 bits per heavy atom. The standard InChI is InChI=1S/C17H25FN2O2/c1-12(2)16(20-6-8-22-9-7-20)11-19-17(21)14-5-4-13(3)15(18)10-14/h4-5,10,12,16H,6-9,11H2,1-3H3,(H,19,21). The zero-order chi connectivity index (χ0) is 16.1. The van der Waals surface area contributed by atoms with E-state index in [0.717, 1.165) is 26.3 Å². The fraction of sp³-hybridized carbons (Fsp3) is 0.588. The maximum absolute atomic E-state index is 13.6. The van der Waals surface area contributed by atoms with Crippen molar-refractivity contribution in [1.29, 1.82) is 0 Å². The highest BCUT2D eigenvalue weighted by Crippen LogP contribution is 2.13. The van der Waals surface area contributed by atoms with Crippen molar-refractivity contribution in [3.63, 3.8) is 0 Å². The molecule has 1 fully saturated rings. The summed E-state index contributed by atoms with van der Waals surface area (Å²) in [5.74, 6) is -0.146. The Balaban J connectivity index is 1.96. The number of carbonyl (C=O) groups excluding carboxylic acids is 1. The largest absolute Gasteiger partial charge is 0.379 e. The van der Waals surface area contributed by atoms with Crippen LogP contribution in [0, 0.1) is 18.7 Å². The van der Waals surface area contributed by atoms with Crippen molar-refractivity contribution in [3.8, 4) is 0 Å². The Hall–Kier alpha value is -1.46. The van der Waals surface area contributed by atoms with E-state index in [1.807, 2.05) is 0 Å². The van der Waals surface area contributed by atoms with Crippen molar-refractivity contribution in [2.45, 2.75) is 26.8 Å². The van der Waals surface area contributed by atoms with Gasteiger partial charge in [0.05, 0.1) is 13.2 Å². The number of benzene rings is 1. The van der Waals surface area contributed by atoms with E-state index in [2.05, 4.69) is 24.1 Å². The molecule has 1 aromatic rings. The summed E-state index contributed by atoms with van der Waals surface area (Å²) in [6.07, 6.45) is 0. The highest BCUT2D eigenvalue weighted by molar-refractivity contribution is 5.94.